The molecule has 1 rings (SSSR count). The summed E-state index contributed by atoms with van der Waals surface area (Å²) in [4.78, 5) is 23.0. The lowest BCUT2D eigenvalue weighted by atomic mass is 9.70. The molecule has 2 N–H and O–H groups in total. The van der Waals surface area contributed by atoms with Gasteiger partial charge in [-0.25, -0.2) is 0 Å². The normalized spacial score (nSPS) is 29.8. The maximum atomic E-state index is 12.2. The minimum Gasteiger partial charge on any atom is -0.460 e. The van der Waals surface area contributed by atoms with Crippen molar-refractivity contribution in [1.82, 2.24) is 0 Å². The van der Waals surface area contributed by atoms with E-state index < -0.39 is 11.0 Å². The first kappa shape index (κ1) is 14.2. The van der Waals surface area contributed by atoms with Crippen molar-refractivity contribution < 1.29 is 14.3 Å². The third-order valence-corrected chi connectivity index (χ3v) is 3.29. The molecule has 1 saturated carbocycles. The molecular weight excluding hydrogens is 218 g/mol. The largest absolute Gasteiger partial charge is 0.460 e. The second-order valence-electron chi connectivity index (χ2n) is 5.99. The summed E-state index contributed by atoms with van der Waals surface area (Å²) >= 11 is 0. The smallest absolute Gasteiger partial charge is 0.313 e. The van der Waals surface area contributed by atoms with Crippen LogP contribution < -0.4 is 5.73 Å². The highest BCUT2D eigenvalue weighted by Gasteiger charge is 2.43. The van der Waals surface area contributed by atoms with E-state index in [1.807, 2.05) is 20.8 Å². The van der Waals surface area contributed by atoms with Crippen LogP contribution in [0.2, 0.25) is 0 Å². The Kier molecular flexibility index (Phi) is 4.31. The molecule has 0 aliphatic heterocycles. The molecule has 4 heteroatoms. The first-order valence-electron chi connectivity index (χ1n) is 6.22. The molecule has 0 aromatic heterocycles. The van der Waals surface area contributed by atoms with Gasteiger partial charge in [0.2, 0.25) is 0 Å². The zero-order valence-electron chi connectivity index (χ0n) is 11.0. The maximum absolute atomic E-state index is 12.2. The van der Waals surface area contributed by atoms with Gasteiger partial charge in [0, 0.05) is 12.5 Å². The summed E-state index contributed by atoms with van der Waals surface area (Å²) < 4.78 is 5.43. The molecule has 0 amide bonds. The van der Waals surface area contributed by atoms with E-state index in [2.05, 4.69) is 0 Å². The molecule has 0 unspecified atom stereocenters. The van der Waals surface area contributed by atoms with Crippen molar-refractivity contribution in [3.8, 4) is 0 Å². The first-order chi connectivity index (χ1) is 7.79. The number of aldehydes is 1. The van der Waals surface area contributed by atoms with E-state index in [1.54, 1.807) is 0 Å². The van der Waals surface area contributed by atoms with Gasteiger partial charge in [-0.2, -0.15) is 0 Å². The van der Waals surface area contributed by atoms with Crippen molar-refractivity contribution in [3.05, 3.63) is 0 Å². The number of nitrogens with two attached hydrogens (primary N) is 1. The summed E-state index contributed by atoms with van der Waals surface area (Å²) in [6, 6.07) is 0.150. The van der Waals surface area contributed by atoms with Crippen LogP contribution in [0, 0.1) is 5.41 Å². The van der Waals surface area contributed by atoms with Crippen molar-refractivity contribution in [2.24, 2.45) is 11.1 Å². The first-order valence-corrected chi connectivity index (χ1v) is 6.22. The molecule has 0 aromatic carbocycles. The van der Waals surface area contributed by atoms with Gasteiger partial charge >= 0.3 is 5.97 Å². The Bertz CT molecular complexity index is 286. The number of rotatable bonds is 3. The molecular formula is C13H23NO3. The highest BCUT2D eigenvalue weighted by molar-refractivity contribution is 5.80. The number of hydrogen-bond donors (Lipinski definition) is 1. The molecule has 0 spiro atoms. The van der Waals surface area contributed by atoms with Crippen molar-refractivity contribution >= 4 is 12.3 Å². The summed E-state index contributed by atoms with van der Waals surface area (Å²) in [6.45, 7) is 5.52. The average Bonchev–Trinajstić information content (AvgIpc) is 2.19. The van der Waals surface area contributed by atoms with Gasteiger partial charge < -0.3 is 15.3 Å². The van der Waals surface area contributed by atoms with Crippen LogP contribution in [0.3, 0.4) is 0 Å². The average molecular weight is 241 g/mol. The third-order valence-electron chi connectivity index (χ3n) is 3.29. The molecule has 1 fully saturated rings. The molecule has 17 heavy (non-hydrogen) atoms. The molecule has 1 aliphatic rings. The fourth-order valence-electron chi connectivity index (χ4n) is 2.23. The van der Waals surface area contributed by atoms with Gasteiger partial charge in [-0.3, -0.25) is 4.79 Å². The van der Waals surface area contributed by atoms with Crippen LogP contribution in [0.15, 0.2) is 0 Å². The summed E-state index contributed by atoms with van der Waals surface area (Å²) in [5, 5.41) is 0. The Labute approximate surface area is 103 Å². The van der Waals surface area contributed by atoms with Gasteiger partial charge in [0.05, 0.1) is 5.41 Å². The van der Waals surface area contributed by atoms with E-state index in [-0.39, 0.29) is 18.4 Å². The van der Waals surface area contributed by atoms with Gasteiger partial charge in [0.1, 0.15) is 11.9 Å². The van der Waals surface area contributed by atoms with Crippen molar-refractivity contribution in [1.29, 1.82) is 0 Å². The van der Waals surface area contributed by atoms with Crippen LogP contribution in [0.4, 0.5) is 0 Å². The lowest BCUT2D eigenvalue weighted by Gasteiger charge is -2.37. The molecule has 0 atom stereocenters. The van der Waals surface area contributed by atoms with Crippen molar-refractivity contribution in [2.75, 3.05) is 0 Å². The minimum atomic E-state index is -0.634. The summed E-state index contributed by atoms with van der Waals surface area (Å²) in [7, 11) is 0. The second-order valence-corrected chi connectivity index (χ2v) is 5.99. The quantitative estimate of drug-likeness (QED) is 0.604. The molecule has 0 aromatic rings. The van der Waals surface area contributed by atoms with Crippen LogP contribution in [0.25, 0.3) is 0 Å². The van der Waals surface area contributed by atoms with Crippen LogP contribution in [0.5, 0.6) is 0 Å². The fourth-order valence-corrected chi connectivity index (χ4v) is 2.23. The zero-order chi connectivity index (χ0) is 13.1. The van der Waals surface area contributed by atoms with Gasteiger partial charge in [0.25, 0.3) is 0 Å². The number of carbonyl (C=O) groups is 2. The molecule has 0 bridgehead atoms. The number of carbonyl (C=O) groups excluding carboxylic acids is 2. The number of hydrogen-bond acceptors (Lipinski definition) is 4. The molecule has 4 nitrogen and oxygen atoms in total. The van der Waals surface area contributed by atoms with E-state index in [9.17, 15) is 9.59 Å². The molecule has 1 aliphatic carbocycles. The van der Waals surface area contributed by atoms with Crippen molar-refractivity contribution in [2.45, 2.75) is 64.5 Å². The maximum Gasteiger partial charge on any atom is 0.313 e. The van der Waals surface area contributed by atoms with Crippen molar-refractivity contribution in [3.63, 3.8) is 0 Å². The van der Waals surface area contributed by atoms with Crippen LogP contribution in [-0.4, -0.2) is 23.9 Å². The molecule has 0 radical (unpaired) electrons. The Morgan fingerprint density at radius 3 is 2.35 bits per heavy atom. The summed E-state index contributed by atoms with van der Waals surface area (Å²) in [5.41, 5.74) is 4.70. The predicted octanol–water partition coefficient (Wildman–Crippen LogP) is 1.80. The number of esters is 1. The number of ether oxygens (including phenoxy) is 1. The summed E-state index contributed by atoms with van der Waals surface area (Å²) in [6.07, 6.45) is 3.94. The van der Waals surface area contributed by atoms with Gasteiger partial charge in [-0.05, 0) is 46.5 Å². The van der Waals surface area contributed by atoms with Crippen LogP contribution in [0.1, 0.15) is 52.9 Å². The van der Waals surface area contributed by atoms with E-state index in [4.69, 9.17) is 10.5 Å². The fraction of sp³-hybridized carbons (Fsp3) is 0.846. The predicted molar refractivity (Wildman–Crippen MR) is 65.4 cm³/mol. The van der Waals surface area contributed by atoms with E-state index in [0.29, 0.717) is 12.8 Å². The highest BCUT2D eigenvalue weighted by Crippen LogP contribution is 2.40. The van der Waals surface area contributed by atoms with Gasteiger partial charge in [0.15, 0.2) is 0 Å². The molecule has 0 heterocycles. The molecule has 0 saturated heterocycles. The lowest BCUT2D eigenvalue weighted by Crippen LogP contribution is -2.43. The highest BCUT2D eigenvalue weighted by atomic mass is 16.6. The SMILES string of the molecule is CC(C)(C)OC(=O)[C@]1(CC=O)CC[C@@H](N)CC1. The third kappa shape index (κ3) is 3.80. The molecule has 98 valence electrons. The minimum absolute atomic E-state index is 0.150. The lowest BCUT2D eigenvalue weighted by molar-refractivity contribution is -0.171. The van der Waals surface area contributed by atoms with Crippen LogP contribution >= 0.6 is 0 Å². The van der Waals surface area contributed by atoms with E-state index >= 15 is 0 Å². The standard InChI is InChI=1S/C13H23NO3/c1-12(2,3)17-11(16)13(8-9-15)6-4-10(14)5-7-13/h9-10H,4-8,14H2,1-3H3/t10-,13-. The Balaban J connectivity index is 2.77. The Morgan fingerprint density at radius 2 is 1.94 bits per heavy atom. The van der Waals surface area contributed by atoms with Crippen LogP contribution in [-0.2, 0) is 14.3 Å². The van der Waals surface area contributed by atoms with Gasteiger partial charge in [-0.15, -0.1) is 0 Å². The van der Waals surface area contributed by atoms with E-state index in [1.165, 1.54) is 0 Å². The summed E-state index contributed by atoms with van der Waals surface area (Å²) in [5.74, 6) is -0.246. The monoisotopic (exact) mass is 241 g/mol. The second kappa shape index (κ2) is 5.17. The van der Waals surface area contributed by atoms with E-state index in [0.717, 1.165) is 19.1 Å². The topological polar surface area (TPSA) is 69.4 Å². The zero-order valence-corrected chi connectivity index (χ0v) is 11.0. The Hall–Kier alpha value is -0.900. The van der Waals surface area contributed by atoms with Gasteiger partial charge in [-0.1, -0.05) is 0 Å². The Morgan fingerprint density at radius 1 is 1.41 bits per heavy atom.